The summed E-state index contributed by atoms with van der Waals surface area (Å²) in [7, 11) is 3.26. The standard InChI is InChI=1S/C18H18N2O2/c1-21-17-8-6-15(11-18(17)22-2)16-7-5-14(12-19-16)13-20-9-3-4-10-20/h3-12H,13H2,1-2H3. The third-order valence-corrected chi connectivity index (χ3v) is 3.54. The molecule has 0 spiro atoms. The molecule has 4 nitrogen and oxygen atoms in total. The first kappa shape index (κ1) is 14.2. The van der Waals surface area contributed by atoms with Crippen molar-refractivity contribution < 1.29 is 9.47 Å². The van der Waals surface area contributed by atoms with E-state index in [1.807, 2.05) is 55.0 Å². The number of hydrogen-bond acceptors (Lipinski definition) is 3. The number of hydrogen-bond donors (Lipinski definition) is 0. The molecule has 0 unspecified atom stereocenters. The van der Waals surface area contributed by atoms with Crippen LogP contribution in [-0.4, -0.2) is 23.8 Å². The number of methoxy groups -OCH3 is 2. The lowest BCUT2D eigenvalue weighted by Gasteiger charge is -2.10. The van der Waals surface area contributed by atoms with Gasteiger partial charge in [0.2, 0.25) is 0 Å². The van der Waals surface area contributed by atoms with E-state index >= 15 is 0 Å². The van der Waals surface area contributed by atoms with E-state index in [1.54, 1.807) is 14.2 Å². The fourth-order valence-electron chi connectivity index (χ4n) is 2.37. The van der Waals surface area contributed by atoms with Crippen molar-refractivity contribution in [1.82, 2.24) is 9.55 Å². The Hall–Kier alpha value is -2.75. The average molecular weight is 294 g/mol. The minimum Gasteiger partial charge on any atom is -0.493 e. The molecule has 2 heterocycles. The van der Waals surface area contributed by atoms with Crippen LogP contribution < -0.4 is 9.47 Å². The molecule has 0 bridgehead atoms. The average Bonchev–Trinajstić information content (AvgIpc) is 3.08. The summed E-state index contributed by atoms with van der Waals surface area (Å²) >= 11 is 0. The van der Waals surface area contributed by atoms with Crippen LogP contribution in [0.1, 0.15) is 5.56 Å². The summed E-state index contributed by atoms with van der Waals surface area (Å²) in [5.74, 6) is 1.42. The minimum absolute atomic E-state index is 0.707. The van der Waals surface area contributed by atoms with Crippen molar-refractivity contribution in [2.24, 2.45) is 0 Å². The third-order valence-electron chi connectivity index (χ3n) is 3.54. The molecule has 0 radical (unpaired) electrons. The molecular weight excluding hydrogens is 276 g/mol. The summed E-state index contributed by atoms with van der Waals surface area (Å²) in [5.41, 5.74) is 3.09. The highest BCUT2D eigenvalue weighted by atomic mass is 16.5. The van der Waals surface area contributed by atoms with Crippen LogP contribution in [0.25, 0.3) is 11.3 Å². The van der Waals surface area contributed by atoms with Crippen LogP contribution in [-0.2, 0) is 6.54 Å². The lowest BCUT2D eigenvalue weighted by atomic mass is 10.1. The van der Waals surface area contributed by atoms with Crippen molar-refractivity contribution in [3.8, 4) is 22.8 Å². The number of nitrogens with zero attached hydrogens (tertiary/aromatic N) is 2. The predicted octanol–water partition coefficient (Wildman–Crippen LogP) is 3.62. The Morgan fingerprint density at radius 3 is 2.36 bits per heavy atom. The van der Waals surface area contributed by atoms with E-state index < -0.39 is 0 Å². The lowest BCUT2D eigenvalue weighted by Crippen LogP contribution is -1.97. The van der Waals surface area contributed by atoms with Gasteiger partial charge < -0.3 is 14.0 Å². The molecule has 0 aliphatic carbocycles. The molecule has 4 heteroatoms. The second-order valence-corrected chi connectivity index (χ2v) is 4.98. The van der Waals surface area contributed by atoms with Gasteiger partial charge >= 0.3 is 0 Å². The number of aromatic nitrogens is 2. The summed E-state index contributed by atoms with van der Waals surface area (Å²) < 4.78 is 12.7. The van der Waals surface area contributed by atoms with Gasteiger partial charge in [-0.1, -0.05) is 6.07 Å². The van der Waals surface area contributed by atoms with E-state index in [0.717, 1.165) is 23.6 Å². The maximum absolute atomic E-state index is 5.34. The van der Waals surface area contributed by atoms with Crippen LogP contribution >= 0.6 is 0 Å². The Morgan fingerprint density at radius 1 is 0.955 bits per heavy atom. The van der Waals surface area contributed by atoms with Crippen LogP contribution in [0.3, 0.4) is 0 Å². The van der Waals surface area contributed by atoms with Gasteiger partial charge in [-0.2, -0.15) is 0 Å². The molecule has 0 aliphatic rings. The molecular formula is C18H18N2O2. The Balaban J connectivity index is 1.83. The van der Waals surface area contributed by atoms with Crippen LogP contribution in [0.4, 0.5) is 0 Å². The Morgan fingerprint density at radius 2 is 1.73 bits per heavy atom. The van der Waals surface area contributed by atoms with Gasteiger partial charge in [0, 0.05) is 30.7 Å². The maximum atomic E-state index is 5.34. The van der Waals surface area contributed by atoms with E-state index in [0.29, 0.717) is 5.75 Å². The Bertz CT molecular complexity index is 734. The molecule has 0 fully saturated rings. The van der Waals surface area contributed by atoms with Crippen LogP contribution in [0, 0.1) is 0 Å². The van der Waals surface area contributed by atoms with Crippen molar-refractivity contribution in [3.63, 3.8) is 0 Å². The second-order valence-electron chi connectivity index (χ2n) is 4.98. The first-order chi connectivity index (χ1) is 10.8. The zero-order valence-corrected chi connectivity index (χ0v) is 12.7. The topological polar surface area (TPSA) is 36.3 Å². The summed E-state index contributed by atoms with van der Waals surface area (Å²) in [6.07, 6.45) is 6.00. The summed E-state index contributed by atoms with van der Waals surface area (Å²) in [6, 6.07) is 14.0. The molecule has 112 valence electrons. The molecule has 0 aliphatic heterocycles. The Kier molecular flexibility index (Phi) is 4.10. The number of benzene rings is 1. The summed E-state index contributed by atoms with van der Waals surface area (Å²) in [5, 5.41) is 0. The van der Waals surface area contributed by atoms with Gasteiger partial charge in [0.05, 0.1) is 19.9 Å². The lowest BCUT2D eigenvalue weighted by molar-refractivity contribution is 0.355. The van der Waals surface area contributed by atoms with E-state index in [1.165, 1.54) is 5.56 Å². The van der Waals surface area contributed by atoms with Crippen LogP contribution in [0.2, 0.25) is 0 Å². The van der Waals surface area contributed by atoms with E-state index in [4.69, 9.17) is 9.47 Å². The largest absolute Gasteiger partial charge is 0.493 e. The van der Waals surface area contributed by atoms with Gasteiger partial charge in [0.15, 0.2) is 11.5 Å². The zero-order chi connectivity index (χ0) is 15.4. The molecule has 0 N–H and O–H groups in total. The first-order valence-electron chi connectivity index (χ1n) is 7.08. The smallest absolute Gasteiger partial charge is 0.161 e. The van der Waals surface area contributed by atoms with Gasteiger partial charge in [-0.15, -0.1) is 0 Å². The zero-order valence-electron chi connectivity index (χ0n) is 12.7. The Labute approximate surface area is 130 Å². The maximum Gasteiger partial charge on any atom is 0.161 e. The SMILES string of the molecule is COc1ccc(-c2ccc(Cn3cccc3)cn2)cc1OC. The van der Waals surface area contributed by atoms with Crippen molar-refractivity contribution >= 4 is 0 Å². The molecule has 0 amide bonds. The fourth-order valence-corrected chi connectivity index (χ4v) is 2.37. The normalized spacial score (nSPS) is 10.5. The minimum atomic E-state index is 0.707. The van der Waals surface area contributed by atoms with Gasteiger partial charge in [-0.25, -0.2) is 0 Å². The highest BCUT2D eigenvalue weighted by molar-refractivity contribution is 5.64. The van der Waals surface area contributed by atoms with Gasteiger partial charge in [-0.3, -0.25) is 4.98 Å². The molecule has 1 aromatic carbocycles. The van der Waals surface area contributed by atoms with Crippen LogP contribution in [0.5, 0.6) is 11.5 Å². The van der Waals surface area contributed by atoms with E-state index in [-0.39, 0.29) is 0 Å². The third kappa shape index (κ3) is 2.96. The summed E-state index contributed by atoms with van der Waals surface area (Å²) in [6.45, 7) is 0.826. The van der Waals surface area contributed by atoms with Crippen molar-refractivity contribution in [3.05, 3.63) is 66.6 Å². The first-order valence-corrected chi connectivity index (χ1v) is 7.08. The molecule has 2 aromatic heterocycles. The van der Waals surface area contributed by atoms with Gasteiger partial charge in [0.1, 0.15) is 0 Å². The van der Waals surface area contributed by atoms with Crippen molar-refractivity contribution in [2.45, 2.75) is 6.54 Å². The van der Waals surface area contributed by atoms with E-state index in [2.05, 4.69) is 15.6 Å². The predicted molar refractivity (Wildman–Crippen MR) is 86.3 cm³/mol. The second kappa shape index (κ2) is 6.35. The quantitative estimate of drug-likeness (QED) is 0.721. The number of pyridine rings is 1. The van der Waals surface area contributed by atoms with Crippen molar-refractivity contribution in [2.75, 3.05) is 14.2 Å². The fraction of sp³-hybridized carbons (Fsp3) is 0.167. The molecule has 0 saturated heterocycles. The van der Waals surface area contributed by atoms with Gasteiger partial charge in [0.25, 0.3) is 0 Å². The molecule has 3 rings (SSSR count). The van der Waals surface area contributed by atoms with Crippen LogP contribution in [0.15, 0.2) is 61.1 Å². The molecule has 22 heavy (non-hydrogen) atoms. The molecule has 0 atom stereocenters. The molecule has 3 aromatic rings. The van der Waals surface area contributed by atoms with E-state index in [9.17, 15) is 0 Å². The number of rotatable bonds is 5. The number of ether oxygens (including phenoxy) is 2. The van der Waals surface area contributed by atoms with Crippen molar-refractivity contribution in [1.29, 1.82) is 0 Å². The highest BCUT2D eigenvalue weighted by Gasteiger charge is 2.07. The van der Waals surface area contributed by atoms with Gasteiger partial charge in [-0.05, 0) is 42.0 Å². The monoisotopic (exact) mass is 294 g/mol. The highest BCUT2D eigenvalue weighted by Crippen LogP contribution is 2.31. The molecule has 0 saturated carbocycles. The summed E-state index contributed by atoms with van der Waals surface area (Å²) in [4.78, 5) is 4.55.